The molecule has 0 aromatic carbocycles. The molecule has 1 rings (SSSR count). The second-order valence-electron chi connectivity index (χ2n) is 1.63. The third kappa shape index (κ3) is 1.62. The number of H-pyrrole nitrogens is 1. The fourth-order valence-electron chi connectivity index (χ4n) is 0.536. The number of hydrogen-bond donors (Lipinski definition) is 1. The first-order valence-electron chi connectivity index (χ1n) is 2.93. The van der Waals surface area contributed by atoms with Crippen molar-refractivity contribution < 1.29 is 9.09 Å². The summed E-state index contributed by atoms with van der Waals surface area (Å²) >= 11 is 0. The zero-order valence-corrected chi connectivity index (χ0v) is 6.47. The first-order chi connectivity index (χ1) is 4.84. The molecule has 0 radical (unpaired) electrons. The Labute approximate surface area is 59.5 Å². The van der Waals surface area contributed by atoms with Gasteiger partial charge in [-0.15, -0.1) is 4.52 Å². The van der Waals surface area contributed by atoms with E-state index in [0.717, 1.165) is 0 Å². The SMILES string of the molecule is CCO[P+](=O)c1cn[nH]c1. The third-order valence-electron chi connectivity index (χ3n) is 0.941. The van der Waals surface area contributed by atoms with E-state index in [2.05, 4.69) is 10.2 Å². The molecule has 0 bridgehead atoms. The number of nitrogens with zero attached hydrogens (tertiary/aromatic N) is 1. The minimum atomic E-state index is -1.68. The summed E-state index contributed by atoms with van der Waals surface area (Å²) in [5.41, 5.74) is 0. The highest BCUT2D eigenvalue weighted by Crippen LogP contribution is 2.19. The quantitative estimate of drug-likeness (QED) is 0.664. The minimum absolute atomic E-state index is 0.459. The van der Waals surface area contributed by atoms with E-state index in [1.807, 2.05) is 0 Å². The number of rotatable bonds is 3. The van der Waals surface area contributed by atoms with Gasteiger partial charge in [0.1, 0.15) is 12.8 Å². The fraction of sp³-hybridized carbons (Fsp3) is 0.400. The molecular weight excluding hydrogens is 151 g/mol. The monoisotopic (exact) mass is 159 g/mol. The molecule has 0 amide bonds. The van der Waals surface area contributed by atoms with Crippen LogP contribution in [0.15, 0.2) is 12.4 Å². The maximum atomic E-state index is 11.0. The van der Waals surface area contributed by atoms with Crippen LogP contribution >= 0.6 is 8.03 Å². The lowest BCUT2D eigenvalue weighted by atomic mass is 10.7. The van der Waals surface area contributed by atoms with Gasteiger partial charge in [0.05, 0.1) is 6.20 Å². The van der Waals surface area contributed by atoms with E-state index in [9.17, 15) is 4.57 Å². The topological polar surface area (TPSA) is 55.0 Å². The lowest BCUT2D eigenvalue weighted by molar-refractivity contribution is 0.357. The minimum Gasteiger partial charge on any atom is -0.281 e. The molecule has 1 aromatic rings. The molecule has 1 unspecified atom stereocenters. The van der Waals surface area contributed by atoms with Gasteiger partial charge in [-0.1, -0.05) is 0 Å². The van der Waals surface area contributed by atoms with Gasteiger partial charge in [0, 0.05) is 0 Å². The average molecular weight is 159 g/mol. The van der Waals surface area contributed by atoms with E-state index in [1.165, 1.54) is 6.20 Å². The molecule has 54 valence electrons. The van der Waals surface area contributed by atoms with Crippen LogP contribution in [-0.4, -0.2) is 16.8 Å². The van der Waals surface area contributed by atoms with Crippen molar-refractivity contribution >= 4 is 13.3 Å². The van der Waals surface area contributed by atoms with E-state index in [4.69, 9.17) is 4.52 Å². The average Bonchev–Trinajstić information content (AvgIpc) is 2.38. The lowest BCUT2D eigenvalue weighted by Crippen LogP contribution is -1.92. The van der Waals surface area contributed by atoms with Crippen LogP contribution in [0.5, 0.6) is 0 Å². The molecular formula is C5H8N2O2P+. The van der Waals surface area contributed by atoms with Gasteiger partial charge in [-0.25, -0.2) is 0 Å². The Hall–Kier alpha value is -0.730. The van der Waals surface area contributed by atoms with E-state index in [0.29, 0.717) is 11.9 Å². The second-order valence-corrected chi connectivity index (χ2v) is 2.92. The number of hydrogen-bond acceptors (Lipinski definition) is 3. The molecule has 1 aromatic heterocycles. The summed E-state index contributed by atoms with van der Waals surface area (Å²) in [5, 5.41) is 6.80. The predicted octanol–water partition coefficient (Wildman–Crippen LogP) is 0.814. The Balaban J connectivity index is 2.59. The predicted molar refractivity (Wildman–Crippen MR) is 37.5 cm³/mol. The molecule has 0 spiro atoms. The van der Waals surface area contributed by atoms with Crippen LogP contribution in [-0.2, 0) is 9.09 Å². The normalized spacial score (nSPS) is 11.5. The van der Waals surface area contributed by atoms with Gasteiger partial charge in [0.15, 0.2) is 0 Å². The molecule has 10 heavy (non-hydrogen) atoms. The first-order valence-corrected chi connectivity index (χ1v) is 4.11. The Kier molecular flexibility index (Phi) is 2.54. The van der Waals surface area contributed by atoms with E-state index in [1.54, 1.807) is 13.1 Å². The van der Waals surface area contributed by atoms with Crippen molar-refractivity contribution in [3.8, 4) is 0 Å². The Morgan fingerprint density at radius 3 is 3.20 bits per heavy atom. The van der Waals surface area contributed by atoms with Gasteiger partial charge in [0.2, 0.25) is 0 Å². The number of aromatic amines is 1. The molecule has 4 nitrogen and oxygen atoms in total. The third-order valence-corrected chi connectivity index (χ3v) is 2.10. The fourth-order valence-corrected chi connectivity index (χ4v) is 1.23. The molecule has 1 atom stereocenters. The highest BCUT2D eigenvalue weighted by molar-refractivity contribution is 7.48. The van der Waals surface area contributed by atoms with E-state index >= 15 is 0 Å². The smallest absolute Gasteiger partial charge is 0.281 e. The van der Waals surface area contributed by atoms with E-state index in [-0.39, 0.29) is 0 Å². The Morgan fingerprint density at radius 1 is 1.90 bits per heavy atom. The lowest BCUT2D eigenvalue weighted by Gasteiger charge is -1.76. The van der Waals surface area contributed by atoms with Gasteiger partial charge in [-0.2, -0.15) is 5.10 Å². The summed E-state index contributed by atoms with van der Waals surface area (Å²) in [7, 11) is -1.68. The summed E-state index contributed by atoms with van der Waals surface area (Å²) < 4.78 is 15.8. The summed E-state index contributed by atoms with van der Waals surface area (Å²) in [6.45, 7) is 2.26. The Bertz CT molecular complexity index is 209. The molecule has 1 N–H and O–H groups in total. The van der Waals surface area contributed by atoms with Gasteiger partial charge >= 0.3 is 8.03 Å². The molecule has 0 fully saturated rings. The van der Waals surface area contributed by atoms with Crippen LogP contribution in [0.4, 0.5) is 0 Å². The molecule has 1 heterocycles. The van der Waals surface area contributed by atoms with Crippen molar-refractivity contribution in [3.63, 3.8) is 0 Å². The van der Waals surface area contributed by atoms with Crippen molar-refractivity contribution in [3.05, 3.63) is 12.4 Å². The van der Waals surface area contributed by atoms with Crippen molar-refractivity contribution in [2.24, 2.45) is 0 Å². The highest BCUT2D eigenvalue weighted by atomic mass is 31.1. The highest BCUT2D eigenvalue weighted by Gasteiger charge is 2.21. The van der Waals surface area contributed by atoms with Gasteiger partial charge < -0.3 is 0 Å². The summed E-state index contributed by atoms with van der Waals surface area (Å²) in [5.74, 6) is 0. The molecule has 0 saturated carbocycles. The molecule has 0 saturated heterocycles. The van der Waals surface area contributed by atoms with Crippen molar-refractivity contribution in [1.29, 1.82) is 0 Å². The molecule has 0 aliphatic heterocycles. The van der Waals surface area contributed by atoms with Crippen molar-refractivity contribution in [2.45, 2.75) is 6.92 Å². The zero-order valence-electron chi connectivity index (χ0n) is 5.57. The number of nitrogens with one attached hydrogen (secondary N) is 1. The largest absolute Gasteiger partial charge is 0.552 e. The van der Waals surface area contributed by atoms with Crippen LogP contribution in [0, 0.1) is 0 Å². The molecule has 5 heteroatoms. The maximum Gasteiger partial charge on any atom is 0.552 e. The van der Waals surface area contributed by atoms with Crippen LogP contribution in [0.2, 0.25) is 0 Å². The summed E-state index contributed by atoms with van der Waals surface area (Å²) in [6.07, 6.45) is 3.06. The van der Waals surface area contributed by atoms with Crippen LogP contribution < -0.4 is 5.30 Å². The molecule has 0 aliphatic rings. The Morgan fingerprint density at radius 2 is 2.70 bits per heavy atom. The van der Waals surface area contributed by atoms with Crippen molar-refractivity contribution in [1.82, 2.24) is 10.2 Å². The maximum absolute atomic E-state index is 11.0. The summed E-state index contributed by atoms with van der Waals surface area (Å²) in [6, 6.07) is 0. The van der Waals surface area contributed by atoms with Crippen LogP contribution in [0.3, 0.4) is 0 Å². The standard InChI is InChI=1S/C5H8N2O2P/c1-2-9-10(8)5-3-6-7-4-5/h3-4H,2H2,1H3,(H,6,7)/q+1. The first kappa shape index (κ1) is 7.38. The molecule has 0 aliphatic carbocycles. The van der Waals surface area contributed by atoms with Gasteiger partial charge in [-0.05, 0) is 11.5 Å². The van der Waals surface area contributed by atoms with Crippen LogP contribution in [0.25, 0.3) is 0 Å². The van der Waals surface area contributed by atoms with Crippen LogP contribution in [0.1, 0.15) is 6.92 Å². The van der Waals surface area contributed by atoms with Gasteiger partial charge in [0.25, 0.3) is 5.30 Å². The van der Waals surface area contributed by atoms with Crippen molar-refractivity contribution in [2.75, 3.05) is 6.61 Å². The number of aromatic nitrogens is 2. The van der Waals surface area contributed by atoms with Gasteiger partial charge in [-0.3, -0.25) is 5.10 Å². The second kappa shape index (κ2) is 3.44. The summed E-state index contributed by atoms with van der Waals surface area (Å²) in [4.78, 5) is 0. The van der Waals surface area contributed by atoms with E-state index < -0.39 is 8.03 Å². The zero-order chi connectivity index (χ0) is 7.40.